The second-order valence-electron chi connectivity index (χ2n) is 10.4. The van der Waals surface area contributed by atoms with E-state index in [9.17, 15) is 18.0 Å². The monoisotopic (exact) mass is 560 g/mol. The van der Waals surface area contributed by atoms with Gasteiger partial charge in [0.15, 0.2) is 5.65 Å². The second kappa shape index (κ2) is 11.7. The van der Waals surface area contributed by atoms with Crippen molar-refractivity contribution in [2.24, 2.45) is 0 Å². The molecule has 2 aromatic heterocycles. The zero-order valence-electron chi connectivity index (χ0n) is 23.2. The van der Waals surface area contributed by atoms with Crippen molar-refractivity contribution in [3.05, 3.63) is 94.4 Å². The van der Waals surface area contributed by atoms with Crippen molar-refractivity contribution in [1.29, 1.82) is 0 Å². The topological polar surface area (TPSA) is 65.8 Å². The number of fused-ring (bicyclic) bond motifs is 1. The molecule has 1 fully saturated rings. The summed E-state index contributed by atoms with van der Waals surface area (Å²) in [5.41, 5.74) is 2.57. The van der Waals surface area contributed by atoms with Crippen LogP contribution in [0.2, 0.25) is 0 Å². The Morgan fingerprint density at radius 2 is 1.83 bits per heavy atom. The summed E-state index contributed by atoms with van der Waals surface area (Å²) in [4.78, 5) is 21.7. The summed E-state index contributed by atoms with van der Waals surface area (Å²) in [5, 5.41) is 6.87. The van der Waals surface area contributed by atoms with Crippen LogP contribution in [-0.4, -0.2) is 62.5 Å². The number of carbonyl (C=O) groups excluding carboxylic acids is 1. The summed E-state index contributed by atoms with van der Waals surface area (Å²) >= 11 is 0. The predicted octanol–water partition coefficient (Wildman–Crippen LogP) is 5.23. The van der Waals surface area contributed by atoms with Gasteiger partial charge in [-0.1, -0.05) is 18.1 Å². The van der Waals surface area contributed by atoms with Crippen molar-refractivity contribution in [1.82, 2.24) is 24.4 Å². The summed E-state index contributed by atoms with van der Waals surface area (Å²) < 4.78 is 43.7. The number of nitrogens with zero attached hydrogens (tertiary/aromatic N) is 5. The van der Waals surface area contributed by atoms with Gasteiger partial charge in [-0.3, -0.25) is 14.6 Å². The number of carbonyl (C=O) groups is 1. The molecule has 4 aromatic rings. The fourth-order valence-corrected chi connectivity index (χ4v) is 4.88. The normalized spacial score (nSPS) is 14.7. The lowest BCUT2D eigenvalue weighted by Crippen LogP contribution is -2.48. The zero-order valence-corrected chi connectivity index (χ0v) is 23.2. The maximum Gasteiger partial charge on any atom is 0.416 e. The largest absolute Gasteiger partial charge is 0.416 e. The molecule has 212 valence electrons. The standard InChI is InChI=1S/C31H31F3N6O/c1-21(2)39-15-13-38(14-16-39)20-25-8-10-26(18-28(25)31(32,33)34)37-30(41)24-7-6-22(3)23(17-24)9-11-27-19-35-29-5-4-12-36-40(27)29/h4-8,10,12,17-19,21H,13-16,20H2,1-3H3,(H,37,41). The lowest BCUT2D eigenvalue weighted by atomic mass is 10.0. The highest BCUT2D eigenvalue weighted by Gasteiger charge is 2.34. The highest BCUT2D eigenvalue weighted by Crippen LogP contribution is 2.35. The van der Waals surface area contributed by atoms with Gasteiger partial charge in [0.2, 0.25) is 0 Å². The van der Waals surface area contributed by atoms with Crippen molar-refractivity contribution in [2.75, 3.05) is 31.5 Å². The number of alkyl halides is 3. The molecule has 1 saturated heterocycles. The van der Waals surface area contributed by atoms with Gasteiger partial charge >= 0.3 is 6.18 Å². The van der Waals surface area contributed by atoms with Gasteiger partial charge in [0.05, 0.1) is 11.8 Å². The van der Waals surface area contributed by atoms with Crippen LogP contribution in [0.25, 0.3) is 5.65 Å². The quantitative estimate of drug-likeness (QED) is 0.339. The van der Waals surface area contributed by atoms with Crippen LogP contribution in [0.3, 0.4) is 0 Å². The summed E-state index contributed by atoms with van der Waals surface area (Å²) in [6.07, 6.45) is -1.29. The number of amides is 1. The van der Waals surface area contributed by atoms with Gasteiger partial charge in [-0.25, -0.2) is 9.50 Å². The third-order valence-corrected chi connectivity index (χ3v) is 7.31. The molecule has 0 radical (unpaired) electrons. The summed E-state index contributed by atoms with van der Waals surface area (Å²) in [6.45, 7) is 9.39. The minimum atomic E-state index is -4.55. The molecule has 1 aliphatic rings. The molecule has 3 heterocycles. The van der Waals surface area contributed by atoms with Gasteiger partial charge in [-0.2, -0.15) is 18.3 Å². The van der Waals surface area contributed by atoms with E-state index in [0.29, 0.717) is 36.0 Å². The number of hydrogen-bond acceptors (Lipinski definition) is 5. The predicted molar refractivity (Wildman–Crippen MR) is 152 cm³/mol. The van der Waals surface area contributed by atoms with Crippen molar-refractivity contribution < 1.29 is 18.0 Å². The molecule has 0 atom stereocenters. The first-order chi connectivity index (χ1) is 19.6. The number of halogens is 3. The molecular weight excluding hydrogens is 529 g/mol. The minimum absolute atomic E-state index is 0.0840. The van der Waals surface area contributed by atoms with Gasteiger partial charge in [-0.05, 0) is 74.2 Å². The molecule has 1 N–H and O–H groups in total. The Morgan fingerprint density at radius 1 is 1.05 bits per heavy atom. The van der Waals surface area contributed by atoms with Crippen LogP contribution < -0.4 is 5.32 Å². The summed E-state index contributed by atoms with van der Waals surface area (Å²) in [7, 11) is 0. The molecule has 0 unspecified atom stereocenters. The Labute approximate surface area is 237 Å². The highest BCUT2D eigenvalue weighted by atomic mass is 19.4. The third-order valence-electron chi connectivity index (χ3n) is 7.31. The Bertz CT molecular complexity index is 1620. The van der Waals surface area contributed by atoms with Crippen LogP contribution in [0.5, 0.6) is 0 Å². The van der Waals surface area contributed by atoms with Crippen LogP contribution in [-0.2, 0) is 12.7 Å². The van der Waals surface area contributed by atoms with Crippen molar-refractivity contribution in [2.45, 2.75) is 39.5 Å². The summed E-state index contributed by atoms with van der Waals surface area (Å²) in [6, 6.07) is 13.0. The van der Waals surface area contributed by atoms with E-state index in [2.05, 4.69) is 46.0 Å². The lowest BCUT2D eigenvalue weighted by Gasteiger charge is -2.37. The SMILES string of the molecule is Cc1ccc(C(=O)Nc2ccc(CN3CCN(C(C)C)CC3)c(C(F)(F)F)c2)cc1C#Cc1cnc2cccnn12. The Kier molecular flexibility index (Phi) is 8.10. The van der Waals surface area contributed by atoms with E-state index in [4.69, 9.17) is 0 Å². The average molecular weight is 561 g/mol. The van der Waals surface area contributed by atoms with Gasteiger partial charge in [0, 0.05) is 61.8 Å². The number of hydrogen-bond donors (Lipinski definition) is 1. The third kappa shape index (κ3) is 6.59. The van der Waals surface area contributed by atoms with E-state index in [1.54, 1.807) is 41.2 Å². The van der Waals surface area contributed by atoms with E-state index in [1.807, 2.05) is 17.9 Å². The average Bonchev–Trinajstić information content (AvgIpc) is 3.36. The zero-order chi connectivity index (χ0) is 29.1. The van der Waals surface area contributed by atoms with Gasteiger partial charge in [0.1, 0.15) is 5.69 Å². The van der Waals surface area contributed by atoms with E-state index in [1.165, 1.54) is 12.1 Å². The molecule has 0 bridgehead atoms. The molecular formula is C31H31F3N6O. The number of aryl methyl sites for hydroxylation is 1. The molecule has 1 amide bonds. The Morgan fingerprint density at radius 3 is 2.56 bits per heavy atom. The molecule has 10 heteroatoms. The number of aromatic nitrogens is 3. The fraction of sp³-hybridized carbons (Fsp3) is 0.323. The van der Waals surface area contributed by atoms with Crippen LogP contribution in [0.15, 0.2) is 60.9 Å². The Balaban J connectivity index is 1.32. The minimum Gasteiger partial charge on any atom is -0.322 e. The van der Waals surface area contributed by atoms with E-state index in [0.717, 1.165) is 24.7 Å². The number of benzene rings is 2. The maximum absolute atomic E-state index is 14.0. The number of piperazine rings is 1. The molecule has 1 aliphatic heterocycles. The first kappa shape index (κ1) is 28.3. The first-order valence-electron chi connectivity index (χ1n) is 13.5. The molecule has 7 nitrogen and oxygen atoms in total. The summed E-state index contributed by atoms with van der Waals surface area (Å²) in [5.74, 6) is 5.58. The maximum atomic E-state index is 14.0. The Hall–Kier alpha value is -4.20. The number of nitrogens with one attached hydrogen (secondary N) is 1. The molecule has 5 rings (SSSR count). The van der Waals surface area contributed by atoms with Crippen molar-refractivity contribution in [3.63, 3.8) is 0 Å². The molecule has 0 saturated carbocycles. The van der Waals surface area contributed by atoms with Crippen molar-refractivity contribution in [3.8, 4) is 11.8 Å². The van der Waals surface area contributed by atoms with Crippen molar-refractivity contribution >= 4 is 17.2 Å². The molecule has 0 aliphatic carbocycles. The van der Waals surface area contributed by atoms with E-state index < -0.39 is 17.6 Å². The molecule has 2 aromatic carbocycles. The number of anilines is 1. The van der Waals surface area contributed by atoms with E-state index >= 15 is 0 Å². The molecule has 0 spiro atoms. The van der Waals surface area contributed by atoms with Crippen LogP contribution in [0.4, 0.5) is 18.9 Å². The smallest absolute Gasteiger partial charge is 0.322 e. The number of imidazole rings is 1. The van der Waals surface area contributed by atoms with Gasteiger partial charge < -0.3 is 5.32 Å². The highest BCUT2D eigenvalue weighted by molar-refractivity contribution is 6.04. The van der Waals surface area contributed by atoms with Crippen LogP contribution in [0, 0.1) is 18.8 Å². The first-order valence-corrected chi connectivity index (χ1v) is 13.5. The fourth-order valence-electron chi connectivity index (χ4n) is 4.88. The van der Waals surface area contributed by atoms with Crippen LogP contribution >= 0.6 is 0 Å². The second-order valence-corrected chi connectivity index (χ2v) is 10.4. The van der Waals surface area contributed by atoms with Gasteiger partial charge in [0.25, 0.3) is 5.91 Å². The number of rotatable bonds is 5. The van der Waals surface area contributed by atoms with Gasteiger partial charge in [-0.15, -0.1) is 0 Å². The van der Waals surface area contributed by atoms with Crippen LogP contribution in [0.1, 0.15) is 52.2 Å². The lowest BCUT2D eigenvalue weighted by molar-refractivity contribution is -0.138. The molecule has 41 heavy (non-hydrogen) atoms. The van der Waals surface area contributed by atoms with E-state index in [-0.39, 0.29) is 23.4 Å².